The Labute approximate surface area is 107 Å². The molecule has 2 aromatic rings. The fraction of sp³-hybridized carbons (Fsp3) is 0.143. The largest absolute Gasteiger partial charge is 0.376 e. The molecule has 1 nitrogen and oxygen atoms in total. The summed E-state index contributed by atoms with van der Waals surface area (Å²) in [4.78, 5) is 0. The smallest absolute Gasteiger partial charge is 0.290 e. The average molecular weight is 269 g/mol. The van der Waals surface area contributed by atoms with Gasteiger partial charge in [-0.05, 0) is 18.2 Å². The lowest BCUT2D eigenvalue weighted by atomic mass is 10.1. The van der Waals surface area contributed by atoms with Gasteiger partial charge in [0, 0.05) is 5.56 Å². The predicted molar refractivity (Wildman–Crippen MR) is 65.2 cm³/mol. The molecule has 100 valence electrons. The molecule has 0 bridgehead atoms. The van der Waals surface area contributed by atoms with Crippen molar-refractivity contribution in [3.63, 3.8) is 0 Å². The van der Waals surface area contributed by atoms with Crippen LogP contribution in [0.5, 0.6) is 0 Å². The Kier molecular flexibility index (Phi) is 3.74. The highest BCUT2D eigenvalue weighted by atomic mass is 19.3. The number of benzene rings is 2. The molecular weight excluding hydrogens is 258 g/mol. The summed E-state index contributed by atoms with van der Waals surface area (Å²) >= 11 is 0. The molecule has 0 saturated heterocycles. The normalized spacial score (nSPS) is 11.4. The van der Waals surface area contributed by atoms with Crippen molar-refractivity contribution in [1.29, 1.82) is 0 Å². The Hall–Kier alpha value is -2.04. The van der Waals surface area contributed by atoms with E-state index in [1.54, 1.807) is 6.07 Å². The topological polar surface area (TPSA) is 12.0 Å². The first-order valence-electron chi connectivity index (χ1n) is 5.61. The van der Waals surface area contributed by atoms with Crippen molar-refractivity contribution in [2.75, 3.05) is 11.9 Å². The van der Waals surface area contributed by atoms with Crippen LogP contribution >= 0.6 is 0 Å². The number of hydrogen-bond acceptors (Lipinski definition) is 1. The molecule has 0 amide bonds. The Bertz CT molecular complexity index is 555. The molecule has 0 aromatic heterocycles. The second kappa shape index (κ2) is 5.30. The van der Waals surface area contributed by atoms with Crippen molar-refractivity contribution in [2.45, 2.75) is 5.92 Å². The van der Waals surface area contributed by atoms with Crippen molar-refractivity contribution >= 4 is 5.69 Å². The number of alkyl halides is 2. The molecule has 2 rings (SSSR count). The summed E-state index contributed by atoms with van der Waals surface area (Å²) in [6.45, 7) is -0.808. The zero-order valence-corrected chi connectivity index (χ0v) is 9.84. The summed E-state index contributed by atoms with van der Waals surface area (Å²) < 4.78 is 53.8. The van der Waals surface area contributed by atoms with Gasteiger partial charge in [0.2, 0.25) is 0 Å². The molecule has 0 heterocycles. The molecule has 5 heteroatoms. The van der Waals surface area contributed by atoms with Crippen molar-refractivity contribution in [2.24, 2.45) is 0 Å². The van der Waals surface area contributed by atoms with E-state index in [1.807, 2.05) is 0 Å². The number of rotatable bonds is 4. The van der Waals surface area contributed by atoms with Gasteiger partial charge in [0.15, 0.2) is 0 Å². The maximum Gasteiger partial charge on any atom is 0.290 e. The minimum Gasteiger partial charge on any atom is -0.376 e. The van der Waals surface area contributed by atoms with Crippen LogP contribution in [0, 0.1) is 11.6 Å². The molecule has 0 aliphatic rings. The summed E-state index contributed by atoms with van der Waals surface area (Å²) in [6.07, 6.45) is 0. The highest BCUT2D eigenvalue weighted by Crippen LogP contribution is 2.28. The minimum absolute atomic E-state index is 0.181. The molecule has 0 unspecified atom stereocenters. The molecule has 0 aliphatic heterocycles. The zero-order valence-electron chi connectivity index (χ0n) is 9.84. The first kappa shape index (κ1) is 13.4. The first-order valence-corrected chi connectivity index (χ1v) is 5.61. The van der Waals surface area contributed by atoms with Crippen LogP contribution in [0.1, 0.15) is 5.56 Å². The quantitative estimate of drug-likeness (QED) is 0.821. The van der Waals surface area contributed by atoms with Gasteiger partial charge in [0.25, 0.3) is 5.92 Å². The molecule has 0 spiro atoms. The number of halogens is 4. The lowest BCUT2D eigenvalue weighted by molar-refractivity contribution is 0.0106. The van der Waals surface area contributed by atoms with Gasteiger partial charge in [-0.3, -0.25) is 0 Å². The summed E-state index contributed by atoms with van der Waals surface area (Å²) in [7, 11) is 0. The van der Waals surface area contributed by atoms with Crippen LogP contribution < -0.4 is 5.32 Å². The Balaban J connectivity index is 2.12. The molecule has 1 N–H and O–H groups in total. The van der Waals surface area contributed by atoms with Crippen molar-refractivity contribution in [3.05, 3.63) is 65.7 Å². The van der Waals surface area contributed by atoms with Crippen LogP contribution in [0.2, 0.25) is 0 Å². The van der Waals surface area contributed by atoms with E-state index in [0.29, 0.717) is 0 Å². The van der Waals surface area contributed by atoms with Gasteiger partial charge in [-0.25, -0.2) is 8.78 Å². The van der Waals surface area contributed by atoms with Crippen LogP contribution in [0.4, 0.5) is 23.2 Å². The molecule has 0 radical (unpaired) electrons. The average Bonchev–Trinajstić information content (AvgIpc) is 2.41. The van der Waals surface area contributed by atoms with Crippen molar-refractivity contribution in [3.8, 4) is 0 Å². The van der Waals surface area contributed by atoms with E-state index >= 15 is 0 Å². The van der Waals surface area contributed by atoms with Gasteiger partial charge in [0.05, 0.1) is 12.2 Å². The van der Waals surface area contributed by atoms with Gasteiger partial charge in [-0.1, -0.05) is 30.3 Å². The van der Waals surface area contributed by atoms with Crippen molar-refractivity contribution < 1.29 is 17.6 Å². The Morgan fingerprint density at radius 3 is 2.32 bits per heavy atom. The van der Waals surface area contributed by atoms with Crippen LogP contribution in [-0.2, 0) is 5.92 Å². The van der Waals surface area contributed by atoms with Gasteiger partial charge >= 0.3 is 0 Å². The highest BCUT2D eigenvalue weighted by Gasteiger charge is 2.31. The van der Waals surface area contributed by atoms with Crippen molar-refractivity contribution in [1.82, 2.24) is 0 Å². The summed E-state index contributed by atoms with van der Waals surface area (Å²) in [5.41, 5.74) is -0.463. The third-order valence-corrected chi connectivity index (χ3v) is 2.63. The number of nitrogens with one attached hydrogen (secondary N) is 1. The lowest BCUT2D eigenvalue weighted by Crippen LogP contribution is -2.25. The highest BCUT2D eigenvalue weighted by molar-refractivity contribution is 5.45. The molecule has 0 aliphatic carbocycles. The van der Waals surface area contributed by atoms with E-state index in [1.165, 1.54) is 24.3 Å². The van der Waals surface area contributed by atoms with Crippen LogP contribution in [-0.4, -0.2) is 6.54 Å². The molecule has 19 heavy (non-hydrogen) atoms. The van der Waals surface area contributed by atoms with Crippen LogP contribution in [0.25, 0.3) is 0 Å². The molecular formula is C14H11F4N. The van der Waals surface area contributed by atoms with Gasteiger partial charge in [-0.15, -0.1) is 0 Å². The number of anilines is 1. The standard InChI is InChI=1S/C14H11F4N/c15-11-6-7-12(16)13(8-11)19-9-14(17,18)10-4-2-1-3-5-10/h1-8,19H,9H2. The van der Waals surface area contributed by atoms with E-state index in [0.717, 1.165) is 18.2 Å². The molecule has 0 atom stereocenters. The van der Waals surface area contributed by atoms with E-state index in [-0.39, 0.29) is 11.3 Å². The van der Waals surface area contributed by atoms with E-state index in [4.69, 9.17) is 0 Å². The second-order valence-electron chi connectivity index (χ2n) is 4.05. The second-order valence-corrected chi connectivity index (χ2v) is 4.05. The maximum absolute atomic E-state index is 13.8. The number of hydrogen-bond donors (Lipinski definition) is 1. The predicted octanol–water partition coefficient (Wildman–Crippen LogP) is 4.17. The molecule has 0 saturated carbocycles. The summed E-state index contributed by atoms with van der Waals surface area (Å²) in [5, 5.41) is 2.23. The summed E-state index contributed by atoms with van der Waals surface area (Å²) in [5.74, 6) is -4.63. The minimum atomic E-state index is -3.17. The fourth-order valence-electron chi connectivity index (χ4n) is 1.62. The first-order chi connectivity index (χ1) is 8.99. The maximum atomic E-state index is 13.8. The molecule has 0 fully saturated rings. The monoisotopic (exact) mass is 269 g/mol. The van der Waals surface area contributed by atoms with Crippen LogP contribution in [0.15, 0.2) is 48.5 Å². The van der Waals surface area contributed by atoms with Gasteiger partial charge in [-0.2, -0.15) is 8.78 Å². The van der Waals surface area contributed by atoms with E-state index in [2.05, 4.69) is 5.32 Å². The van der Waals surface area contributed by atoms with Gasteiger partial charge in [0.1, 0.15) is 11.6 Å². The van der Waals surface area contributed by atoms with Gasteiger partial charge < -0.3 is 5.32 Å². The van der Waals surface area contributed by atoms with E-state index in [9.17, 15) is 17.6 Å². The lowest BCUT2D eigenvalue weighted by Gasteiger charge is -2.18. The Morgan fingerprint density at radius 2 is 1.63 bits per heavy atom. The third-order valence-electron chi connectivity index (χ3n) is 2.63. The van der Waals surface area contributed by atoms with E-state index < -0.39 is 24.1 Å². The Morgan fingerprint density at radius 1 is 0.947 bits per heavy atom. The van der Waals surface area contributed by atoms with Crippen LogP contribution in [0.3, 0.4) is 0 Å². The zero-order chi connectivity index (χ0) is 13.9. The SMILES string of the molecule is Fc1ccc(F)c(NCC(F)(F)c2ccccc2)c1. The summed E-state index contributed by atoms with van der Waals surface area (Å²) in [6, 6.07) is 9.83. The molecule has 2 aromatic carbocycles. The third kappa shape index (κ3) is 3.24. The fourth-order valence-corrected chi connectivity index (χ4v) is 1.62.